The number of hydrogen-bond donors (Lipinski definition) is 1. The Kier molecular flexibility index (Phi) is 9.16. The Bertz CT molecular complexity index is 799. The second kappa shape index (κ2) is 11.3. The molecule has 0 bridgehead atoms. The van der Waals surface area contributed by atoms with Crippen LogP contribution in [-0.2, 0) is 21.9 Å². The molecule has 2 amide bonds. The number of hydrogen-bond acceptors (Lipinski definition) is 3. The van der Waals surface area contributed by atoms with E-state index in [9.17, 15) is 9.59 Å². The van der Waals surface area contributed by atoms with E-state index in [0.717, 1.165) is 11.1 Å². The number of benzene rings is 2. The number of rotatable bonds is 9. The molecule has 7 heteroatoms. The standard InChI is InChI=1S/C21H24Cl2N2O2S/c1-3-19(21(27)24-2)25(12-15-7-9-17(22)10-8-15)20(26)14-28-13-16-5-4-6-18(23)11-16/h4-11,19H,3,12-14H2,1-2H3,(H,24,27). The van der Waals surface area contributed by atoms with E-state index in [1.807, 2.05) is 43.3 Å². The van der Waals surface area contributed by atoms with Crippen molar-refractivity contribution < 1.29 is 9.59 Å². The summed E-state index contributed by atoms with van der Waals surface area (Å²) in [5.74, 6) is 0.730. The van der Waals surface area contributed by atoms with Crippen LogP contribution in [0.15, 0.2) is 48.5 Å². The number of halogens is 2. The molecule has 150 valence electrons. The molecule has 2 aromatic carbocycles. The smallest absolute Gasteiger partial charge is 0.242 e. The topological polar surface area (TPSA) is 49.4 Å². The predicted octanol–water partition coefficient (Wildman–Crippen LogP) is 4.78. The molecule has 0 aliphatic rings. The van der Waals surface area contributed by atoms with Gasteiger partial charge in [0.15, 0.2) is 0 Å². The number of amides is 2. The number of likely N-dealkylation sites (N-methyl/N-ethyl adjacent to an activating group) is 1. The normalized spacial score (nSPS) is 11.7. The first kappa shape index (κ1) is 22.6. The van der Waals surface area contributed by atoms with Crippen molar-refractivity contribution in [1.82, 2.24) is 10.2 Å². The molecule has 2 aromatic rings. The van der Waals surface area contributed by atoms with Crippen LogP contribution in [0.2, 0.25) is 10.0 Å². The number of carbonyl (C=O) groups excluding carboxylic acids is 2. The van der Waals surface area contributed by atoms with Gasteiger partial charge in [0.2, 0.25) is 11.8 Å². The average molecular weight is 439 g/mol. The van der Waals surface area contributed by atoms with E-state index < -0.39 is 6.04 Å². The molecule has 0 spiro atoms. The average Bonchev–Trinajstić information content (AvgIpc) is 2.69. The molecule has 0 heterocycles. The molecule has 4 nitrogen and oxygen atoms in total. The van der Waals surface area contributed by atoms with Crippen LogP contribution in [0.4, 0.5) is 0 Å². The van der Waals surface area contributed by atoms with Gasteiger partial charge in [-0.1, -0.05) is 54.4 Å². The molecule has 0 saturated carbocycles. The summed E-state index contributed by atoms with van der Waals surface area (Å²) in [6.07, 6.45) is 0.540. The minimum atomic E-state index is -0.514. The summed E-state index contributed by atoms with van der Waals surface area (Å²) < 4.78 is 0. The first-order chi connectivity index (χ1) is 13.4. The minimum Gasteiger partial charge on any atom is -0.357 e. The van der Waals surface area contributed by atoms with E-state index in [2.05, 4.69) is 5.32 Å². The molecule has 0 radical (unpaired) electrons. The molecule has 28 heavy (non-hydrogen) atoms. The Balaban J connectivity index is 2.08. The van der Waals surface area contributed by atoms with E-state index in [4.69, 9.17) is 23.2 Å². The van der Waals surface area contributed by atoms with E-state index >= 15 is 0 Å². The summed E-state index contributed by atoms with van der Waals surface area (Å²) in [5.41, 5.74) is 1.99. The van der Waals surface area contributed by atoms with Crippen LogP contribution in [0.3, 0.4) is 0 Å². The van der Waals surface area contributed by atoms with Gasteiger partial charge in [-0.3, -0.25) is 9.59 Å². The third kappa shape index (κ3) is 6.73. The molecular weight excluding hydrogens is 415 g/mol. The second-order valence-corrected chi connectivity index (χ2v) is 8.17. The first-order valence-corrected chi connectivity index (χ1v) is 10.9. The highest BCUT2D eigenvalue weighted by molar-refractivity contribution is 7.99. The lowest BCUT2D eigenvalue weighted by Gasteiger charge is -2.30. The predicted molar refractivity (Wildman–Crippen MR) is 118 cm³/mol. The molecule has 0 saturated heterocycles. The van der Waals surface area contributed by atoms with Crippen LogP contribution in [0.1, 0.15) is 24.5 Å². The van der Waals surface area contributed by atoms with Crippen LogP contribution >= 0.6 is 35.0 Å². The molecule has 1 N–H and O–H groups in total. The zero-order valence-electron chi connectivity index (χ0n) is 16.0. The van der Waals surface area contributed by atoms with E-state index in [-0.39, 0.29) is 17.6 Å². The Morgan fingerprint density at radius 3 is 2.39 bits per heavy atom. The van der Waals surface area contributed by atoms with Crippen LogP contribution in [-0.4, -0.2) is 35.6 Å². The monoisotopic (exact) mass is 438 g/mol. The van der Waals surface area contributed by atoms with Crippen molar-refractivity contribution in [3.05, 3.63) is 69.7 Å². The van der Waals surface area contributed by atoms with Crippen molar-refractivity contribution in [3.63, 3.8) is 0 Å². The lowest BCUT2D eigenvalue weighted by molar-refractivity contribution is -0.139. The minimum absolute atomic E-state index is 0.0718. The van der Waals surface area contributed by atoms with Gasteiger partial charge in [-0.15, -0.1) is 11.8 Å². The summed E-state index contributed by atoms with van der Waals surface area (Å²) in [5, 5.41) is 3.98. The van der Waals surface area contributed by atoms with Gasteiger partial charge in [0.25, 0.3) is 0 Å². The van der Waals surface area contributed by atoms with E-state index in [1.54, 1.807) is 24.1 Å². The van der Waals surface area contributed by atoms with Gasteiger partial charge >= 0.3 is 0 Å². The molecule has 1 atom stereocenters. The maximum Gasteiger partial charge on any atom is 0.242 e. The Morgan fingerprint density at radius 2 is 1.79 bits per heavy atom. The van der Waals surface area contributed by atoms with Gasteiger partial charge in [0.1, 0.15) is 6.04 Å². The Hall–Kier alpha value is -1.69. The highest BCUT2D eigenvalue weighted by Crippen LogP contribution is 2.20. The van der Waals surface area contributed by atoms with Gasteiger partial charge in [0, 0.05) is 29.4 Å². The van der Waals surface area contributed by atoms with Crippen molar-refractivity contribution in [2.75, 3.05) is 12.8 Å². The number of carbonyl (C=O) groups is 2. The van der Waals surface area contributed by atoms with Crippen LogP contribution < -0.4 is 5.32 Å². The van der Waals surface area contributed by atoms with Crippen LogP contribution in [0, 0.1) is 0 Å². The molecule has 1 unspecified atom stereocenters. The van der Waals surface area contributed by atoms with Crippen molar-refractivity contribution in [1.29, 1.82) is 0 Å². The maximum absolute atomic E-state index is 13.0. The molecule has 2 rings (SSSR count). The Morgan fingerprint density at radius 1 is 1.07 bits per heavy atom. The lowest BCUT2D eigenvalue weighted by Crippen LogP contribution is -2.48. The SMILES string of the molecule is CCC(C(=O)NC)N(Cc1ccc(Cl)cc1)C(=O)CSCc1cccc(Cl)c1. The zero-order valence-corrected chi connectivity index (χ0v) is 18.3. The van der Waals surface area contributed by atoms with Crippen LogP contribution in [0.25, 0.3) is 0 Å². The highest BCUT2D eigenvalue weighted by atomic mass is 35.5. The Labute approximate surface area is 180 Å². The van der Waals surface area contributed by atoms with E-state index in [0.29, 0.717) is 28.8 Å². The van der Waals surface area contributed by atoms with Crippen LogP contribution in [0.5, 0.6) is 0 Å². The fourth-order valence-corrected chi connectivity index (χ4v) is 4.04. The first-order valence-electron chi connectivity index (χ1n) is 9.02. The van der Waals surface area contributed by atoms with Gasteiger partial charge in [0.05, 0.1) is 5.75 Å². The lowest BCUT2D eigenvalue weighted by atomic mass is 10.1. The third-order valence-corrected chi connectivity index (χ3v) is 5.76. The number of thioether (sulfide) groups is 1. The fourth-order valence-electron chi connectivity index (χ4n) is 2.84. The maximum atomic E-state index is 13.0. The molecule has 0 aliphatic heterocycles. The number of nitrogens with zero attached hydrogens (tertiary/aromatic N) is 1. The molecule has 0 aliphatic carbocycles. The summed E-state index contributed by atoms with van der Waals surface area (Å²) in [6.45, 7) is 2.26. The number of nitrogens with one attached hydrogen (secondary N) is 1. The van der Waals surface area contributed by atoms with Crippen molar-refractivity contribution >= 4 is 46.8 Å². The van der Waals surface area contributed by atoms with Crippen molar-refractivity contribution in [3.8, 4) is 0 Å². The second-order valence-electron chi connectivity index (χ2n) is 6.31. The quantitative estimate of drug-likeness (QED) is 0.612. The van der Waals surface area contributed by atoms with Gasteiger partial charge in [-0.2, -0.15) is 0 Å². The van der Waals surface area contributed by atoms with Gasteiger partial charge < -0.3 is 10.2 Å². The zero-order chi connectivity index (χ0) is 20.5. The summed E-state index contributed by atoms with van der Waals surface area (Å²) in [4.78, 5) is 26.9. The van der Waals surface area contributed by atoms with Crippen molar-refractivity contribution in [2.45, 2.75) is 31.7 Å². The fraction of sp³-hybridized carbons (Fsp3) is 0.333. The largest absolute Gasteiger partial charge is 0.357 e. The van der Waals surface area contributed by atoms with E-state index in [1.165, 1.54) is 11.8 Å². The van der Waals surface area contributed by atoms with Gasteiger partial charge in [-0.25, -0.2) is 0 Å². The molecule has 0 aromatic heterocycles. The molecular formula is C21H24Cl2N2O2S. The third-order valence-electron chi connectivity index (χ3n) is 4.28. The highest BCUT2D eigenvalue weighted by Gasteiger charge is 2.27. The summed E-state index contributed by atoms with van der Waals surface area (Å²) in [7, 11) is 1.59. The summed E-state index contributed by atoms with van der Waals surface area (Å²) in [6, 6.07) is 14.4. The van der Waals surface area contributed by atoms with Crippen molar-refractivity contribution in [2.24, 2.45) is 0 Å². The summed E-state index contributed by atoms with van der Waals surface area (Å²) >= 11 is 13.5. The molecule has 0 fully saturated rings. The van der Waals surface area contributed by atoms with Gasteiger partial charge in [-0.05, 0) is 41.8 Å².